The summed E-state index contributed by atoms with van der Waals surface area (Å²) in [5.41, 5.74) is 0. The van der Waals surface area contributed by atoms with Gasteiger partial charge in [0.2, 0.25) is 0 Å². The van der Waals surface area contributed by atoms with Crippen molar-refractivity contribution in [1.29, 1.82) is 0 Å². The van der Waals surface area contributed by atoms with Crippen molar-refractivity contribution in [1.82, 2.24) is 4.90 Å². The minimum atomic E-state index is 0.992. The Morgan fingerprint density at radius 2 is 1.38 bits per heavy atom. The molecule has 0 aliphatic carbocycles. The maximum Gasteiger partial charge on any atom is 0.0975 e. The molecule has 0 aromatic carbocycles. The Morgan fingerprint density at radius 3 is 1.69 bits per heavy atom. The molecular formula is C14H27N2+. The van der Waals surface area contributed by atoms with Crippen LogP contribution < -0.4 is 0 Å². The van der Waals surface area contributed by atoms with E-state index < -0.39 is 0 Å². The van der Waals surface area contributed by atoms with E-state index in [0.29, 0.717) is 0 Å². The Hall–Kier alpha value is -0.860. The van der Waals surface area contributed by atoms with Gasteiger partial charge in [-0.25, -0.2) is 0 Å². The van der Waals surface area contributed by atoms with Gasteiger partial charge in [-0.1, -0.05) is 19.7 Å². The number of hydrogen-bond acceptors (Lipinski definition) is 1. The van der Waals surface area contributed by atoms with Gasteiger partial charge < -0.3 is 9.38 Å². The van der Waals surface area contributed by atoms with Gasteiger partial charge in [0.05, 0.1) is 26.2 Å². The first-order chi connectivity index (χ1) is 7.60. The molecule has 0 unspecified atom stereocenters. The minimum Gasteiger partial charge on any atom is -0.314 e. The first-order valence-corrected chi connectivity index (χ1v) is 5.93. The quantitative estimate of drug-likeness (QED) is 0.406. The highest BCUT2D eigenvalue weighted by atomic mass is 15.3. The normalized spacial score (nSPS) is 11.4. The van der Waals surface area contributed by atoms with Crippen molar-refractivity contribution in [3.8, 4) is 0 Å². The van der Waals surface area contributed by atoms with Crippen molar-refractivity contribution < 1.29 is 4.48 Å². The zero-order chi connectivity index (χ0) is 12.4. The summed E-state index contributed by atoms with van der Waals surface area (Å²) < 4.78 is 1.00. The summed E-state index contributed by atoms with van der Waals surface area (Å²) in [4.78, 5) is 2.23. The van der Waals surface area contributed by atoms with E-state index in [-0.39, 0.29) is 0 Å². The van der Waals surface area contributed by atoms with Crippen LogP contribution in [0.5, 0.6) is 0 Å². The number of hydrogen-bond donors (Lipinski definition) is 0. The summed E-state index contributed by atoms with van der Waals surface area (Å²) >= 11 is 0. The molecule has 0 spiro atoms. The molecule has 16 heavy (non-hydrogen) atoms. The van der Waals surface area contributed by atoms with Crippen molar-refractivity contribution in [2.24, 2.45) is 0 Å². The van der Waals surface area contributed by atoms with Gasteiger partial charge in [-0.2, -0.15) is 0 Å². The molecule has 0 amide bonds. The predicted molar refractivity (Wildman–Crippen MR) is 73.5 cm³/mol. The molecule has 0 heterocycles. The molecule has 2 nitrogen and oxygen atoms in total. The highest BCUT2D eigenvalue weighted by molar-refractivity contribution is 4.76. The van der Waals surface area contributed by atoms with Crippen LogP contribution in [0.3, 0.4) is 0 Å². The number of rotatable bonds is 10. The third-order valence-corrected chi connectivity index (χ3v) is 2.79. The van der Waals surface area contributed by atoms with Crippen molar-refractivity contribution in [2.75, 3.05) is 46.8 Å². The summed E-state index contributed by atoms with van der Waals surface area (Å²) in [5, 5.41) is 0. The topological polar surface area (TPSA) is 3.24 Å². The summed E-state index contributed by atoms with van der Waals surface area (Å²) in [7, 11) is 4.23. The van der Waals surface area contributed by atoms with Crippen LogP contribution in [-0.4, -0.2) is 56.2 Å². The lowest BCUT2D eigenvalue weighted by Crippen LogP contribution is -2.49. The Labute approximate surface area is 101 Å². The molecule has 0 atom stereocenters. The van der Waals surface area contributed by atoms with Gasteiger partial charge in [0.25, 0.3) is 0 Å². The lowest BCUT2D eigenvalue weighted by Gasteiger charge is -2.36. The largest absolute Gasteiger partial charge is 0.314 e. The van der Waals surface area contributed by atoms with Gasteiger partial charge in [-0.05, 0) is 32.3 Å². The van der Waals surface area contributed by atoms with E-state index in [9.17, 15) is 0 Å². The lowest BCUT2D eigenvalue weighted by atomic mass is 10.2. The van der Waals surface area contributed by atoms with Gasteiger partial charge in [-0.3, -0.25) is 0 Å². The highest BCUT2D eigenvalue weighted by Gasteiger charge is 2.22. The fourth-order valence-corrected chi connectivity index (χ4v) is 2.04. The molecule has 0 aliphatic heterocycles. The van der Waals surface area contributed by atoms with Crippen LogP contribution in [0.15, 0.2) is 38.0 Å². The molecule has 0 N–H and O–H groups in total. The predicted octanol–water partition coefficient (Wildman–Crippen LogP) is 2.31. The first-order valence-electron chi connectivity index (χ1n) is 5.93. The average Bonchev–Trinajstić information content (AvgIpc) is 2.18. The molecule has 0 fully saturated rings. The molecule has 2 heteroatoms. The van der Waals surface area contributed by atoms with Crippen molar-refractivity contribution in [3.05, 3.63) is 38.0 Å². The van der Waals surface area contributed by atoms with Crippen LogP contribution in [0, 0.1) is 0 Å². The highest BCUT2D eigenvalue weighted by Crippen LogP contribution is 2.09. The summed E-state index contributed by atoms with van der Waals surface area (Å²) in [6.45, 7) is 16.8. The molecule has 0 aromatic heterocycles. The van der Waals surface area contributed by atoms with E-state index in [1.54, 1.807) is 0 Å². The van der Waals surface area contributed by atoms with Gasteiger partial charge in [0.15, 0.2) is 0 Å². The Balaban J connectivity index is 4.39. The van der Waals surface area contributed by atoms with E-state index in [1.165, 1.54) is 6.42 Å². The van der Waals surface area contributed by atoms with Crippen molar-refractivity contribution in [3.63, 3.8) is 0 Å². The Bertz CT molecular complexity index is 192. The van der Waals surface area contributed by atoms with Crippen LogP contribution in [-0.2, 0) is 0 Å². The molecule has 0 rings (SSSR count). The zero-order valence-corrected chi connectivity index (χ0v) is 11.0. The van der Waals surface area contributed by atoms with Gasteiger partial charge >= 0.3 is 0 Å². The first kappa shape index (κ1) is 15.1. The van der Waals surface area contributed by atoms with E-state index in [4.69, 9.17) is 0 Å². The third kappa shape index (κ3) is 5.89. The van der Waals surface area contributed by atoms with Gasteiger partial charge in [0, 0.05) is 13.0 Å². The molecule has 0 aromatic rings. The zero-order valence-electron chi connectivity index (χ0n) is 11.0. The average molecular weight is 223 g/mol. The maximum absolute atomic E-state index is 3.86. The lowest BCUT2D eigenvalue weighted by molar-refractivity contribution is -0.912. The van der Waals surface area contributed by atoms with Crippen LogP contribution >= 0.6 is 0 Å². The number of quaternary nitrogens is 1. The molecule has 0 aliphatic rings. The van der Waals surface area contributed by atoms with Crippen LogP contribution in [0.4, 0.5) is 0 Å². The SMILES string of the molecule is C=CC[N+](CC=C)(CC=C)CCCN(C)C. The van der Waals surface area contributed by atoms with Crippen LogP contribution in [0.25, 0.3) is 0 Å². The number of nitrogens with zero attached hydrogens (tertiary/aromatic N) is 2. The minimum absolute atomic E-state index is 0.992. The van der Waals surface area contributed by atoms with E-state index in [1.807, 2.05) is 18.2 Å². The standard InChI is InChI=1S/C14H27N2/c1-6-11-16(12-7-2,13-8-3)14-9-10-15(4)5/h6-8H,1-3,9-14H2,4-5H3/q+1. The van der Waals surface area contributed by atoms with Crippen LogP contribution in [0.2, 0.25) is 0 Å². The second kappa shape index (κ2) is 8.31. The Kier molecular flexibility index (Phi) is 7.86. The van der Waals surface area contributed by atoms with E-state index in [2.05, 4.69) is 38.7 Å². The molecular weight excluding hydrogens is 196 g/mol. The molecule has 0 radical (unpaired) electrons. The monoisotopic (exact) mass is 223 g/mol. The fraction of sp³-hybridized carbons (Fsp3) is 0.571. The van der Waals surface area contributed by atoms with Crippen molar-refractivity contribution >= 4 is 0 Å². The van der Waals surface area contributed by atoms with Crippen LogP contribution in [0.1, 0.15) is 6.42 Å². The van der Waals surface area contributed by atoms with E-state index in [0.717, 1.165) is 37.2 Å². The van der Waals surface area contributed by atoms with Crippen molar-refractivity contribution in [2.45, 2.75) is 6.42 Å². The fourth-order valence-electron chi connectivity index (χ4n) is 2.04. The molecule has 92 valence electrons. The molecule has 0 bridgehead atoms. The maximum atomic E-state index is 3.86. The summed E-state index contributed by atoms with van der Waals surface area (Å²) in [5.74, 6) is 0. The summed E-state index contributed by atoms with van der Waals surface area (Å²) in [6, 6.07) is 0. The Morgan fingerprint density at radius 1 is 0.938 bits per heavy atom. The second-order valence-electron chi connectivity index (χ2n) is 4.64. The van der Waals surface area contributed by atoms with Gasteiger partial charge in [-0.15, -0.1) is 0 Å². The summed E-state index contributed by atoms with van der Waals surface area (Å²) in [6.07, 6.45) is 7.20. The second-order valence-corrected chi connectivity index (χ2v) is 4.64. The van der Waals surface area contributed by atoms with E-state index >= 15 is 0 Å². The molecule has 0 saturated heterocycles. The molecule has 0 saturated carbocycles. The third-order valence-electron chi connectivity index (χ3n) is 2.79. The smallest absolute Gasteiger partial charge is 0.0975 e. The van der Waals surface area contributed by atoms with Gasteiger partial charge in [0.1, 0.15) is 0 Å².